The largest absolute Gasteiger partial charge is 0.461 e. The van der Waals surface area contributed by atoms with Crippen molar-refractivity contribution in [3.05, 3.63) is 0 Å². The summed E-state index contributed by atoms with van der Waals surface area (Å²) in [5.74, 6) is -3.23. The summed E-state index contributed by atoms with van der Waals surface area (Å²) in [5, 5.41) is 0. The van der Waals surface area contributed by atoms with E-state index in [0.29, 0.717) is 6.42 Å². The smallest absolute Gasteiger partial charge is 0.402 e. The van der Waals surface area contributed by atoms with E-state index in [1.54, 1.807) is 6.92 Å². The predicted molar refractivity (Wildman–Crippen MR) is 68.5 cm³/mol. The van der Waals surface area contributed by atoms with Crippen molar-refractivity contribution in [1.29, 1.82) is 0 Å². The molecule has 0 rings (SSSR count). The van der Waals surface area contributed by atoms with Gasteiger partial charge in [0.15, 0.2) is 0 Å². The Morgan fingerprint density at radius 3 is 2.10 bits per heavy atom. The van der Waals surface area contributed by atoms with E-state index in [1.807, 2.05) is 0 Å². The summed E-state index contributed by atoms with van der Waals surface area (Å²) >= 11 is 0. The number of hydrogen-bond donors (Lipinski definition) is 0. The summed E-state index contributed by atoms with van der Waals surface area (Å²) in [5.41, 5.74) is -1.88. The quantitative estimate of drug-likeness (QED) is 0.390. The van der Waals surface area contributed by atoms with Gasteiger partial charge in [-0.1, -0.05) is 13.8 Å². The maximum atomic E-state index is 11.9. The third kappa shape index (κ3) is 7.28. The van der Waals surface area contributed by atoms with E-state index >= 15 is 0 Å². The van der Waals surface area contributed by atoms with Crippen LogP contribution in [0, 0.1) is 0 Å². The van der Waals surface area contributed by atoms with Gasteiger partial charge < -0.3 is 9.47 Å². The first kappa shape index (κ1) is 18.9. The minimum Gasteiger partial charge on any atom is -0.461 e. The Kier molecular flexibility index (Phi) is 8.03. The molecular weight excluding hydrogens is 284 g/mol. The van der Waals surface area contributed by atoms with Crippen LogP contribution in [0.3, 0.4) is 0 Å². The standard InChI is InChI=1S/C13H20O8/c1-5-7-11(16)20-21-12(17)13(4,8-18-9(3)14)19-10(15)6-2/h5-8H2,1-4H3. The molecule has 8 heteroatoms. The highest BCUT2D eigenvalue weighted by Crippen LogP contribution is 2.16. The molecule has 0 saturated heterocycles. The summed E-state index contributed by atoms with van der Waals surface area (Å²) in [4.78, 5) is 53.8. The van der Waals surface area contributed by atoms with Crippen molar-refractivity contribution in [1.82, 2.24) is 0 Å². The molecule has 1 atom stereocenters. The van der Waals surface area contributed by atoms with Gasteiger partial charge in [-0.15, -0.1) is 0 Å². The second-order valence-electron chi connectivity index (χ2n) is 4.41. The van der Waals surface area contributed by atoms with Crippen LogP contribution in [0.25, 0.3) is 0 Å². The molecule has 0 fully saturated rings. The normalized spacial score (nSPS) is 12.8. The number of carbonyl (C=O) groups excluding carboxylic acids is 4. The van der Waals surface area contributed by atoms with Crippen LogP contribution < -0.4 is 0 Å². The fourth-order valence-electron chi connectivity index (χ4n) is 1.11. The molecule has 0 bridgehead atoms. The molecule has 21 heavy (non-hydrogen) atoms. The highest BCUT2D eigenvalue weighted by atomic mass is 17.2. The van der Waals surface area contributed by atoms with Crippen LogP contribution in [0.1, 0.15) is 47.0 Å². The first-order valence-electron chi connectivity index (χ1n) is 6.52. The van der Waals surface area contributed by atoms with Crippen LogP contribution >= 0.6 is 0 Å². The van der Waals surface area contributed by atoms with Gasteiger partial charge in [0.25, 0.3) is 0 Å². The van der Waals surface area contributed by atoms with E-state index in [2.05, 4.69) is 14.5 Å². The van der Waals surface area contributed by atoms with E-state index in [1.165, 1.54) is 13.8 Å². The maximum absolute atomic E-state index is 11.9. The molecule has 0 aliphatic rings. The summed E-state index contributed by atoms with van der Waals surface area (Å²) < 4.78 is 9.58. The van der Waals surface area contributed by atoms with Crippen molar-refractivity contribution < 1.29 is 38.4 Å². The topological polar surface area (TPSA) is 105 Å². The van der Waals surface area contributed by atoms with Crippen LogP contribution in [0.15, 0.2) is 0 Å². The molecule has 0 aliphatic carbocycles. The molecule has 1 unspecified atom stereocenters. The van der Waals surface area contributed by atoms with Gasteiger partial charge in [-0.3, -0.25) is 9.59 Å². The third-order valence-corrected chi connectivity index (χ3v) is 2.27. The molecular formula is C13H20O8. The molecule has 0 N–H and O–H groups in total. The zero-order chi connectivity index (χ0) is 16.5. The van der Waals surface area contributed by atoms with Crippen LogP contribution in [-0.2, 0) is 38.4 Å². The molecule has 0 aromatic rings. The predicted octanol–water partition coefficient (Wildman–Crippen LogP) is 1.06. The highest BCUT2D eigenvalue weighted by Gasteiger charge is 2.42. The molecule has 0 heterocycles. The van der Waals surface area contributed by atoms with Crippen LogP contribution in [0.5, 0.6) is 0 Å². The average Bonchev–Trinajstić information content (AvgIpc) is 2.42. The Morgan fingerprint density at radius 1 is 1.00 bits per heavy atom. The van der Waals surface area contributed by atoms with E-state index < -0.39 is 36.1 Å². The molecule has 120 valence electrons. The van der Waals surface area contributed by atoms with Gasteiger partial charge in [0, 0.05) is 19.8 Å². The lowest BCUT2D eigenvalue weighted by Gasteiger charge is -2.25. The minimum atomic E-state index is -1.88. The average molecular weight is 304 g/mol. The third-order valence-electron chi connectivity index (χ3n) is 2.27. The van der Waals surface area contributed by atoms with E-state index in [4.69, 9.17) is 4.74 Å². The fourth-order valence-corrected chi connectivity index (χ4v) is 1.11. The summed E-state index contributed by atoms with van der Waals surface area (Å²) in [6.07, 6.45) is 0.604. The second kappa shape index (κ2) is 8.93. The van der Waals surface area contributed by atoms with E-state index in [0.717, 1.165) is 6.92 Å². The number of hydrogen-bond acceptors (Lipinski definition) is 8. The van der Waals surface area contributed by atoms with Gasteiger partial charge >= 0.3 is 23.9 Å². The number of ether oxygens (including phenoxy) is 2. The van der Waals surface area contributed by atoms with Gasteiger partial charge in [0.2, 0.25) is 5.60 Å². The molecule has 0 spiro atoms. The lowest BCUT2D eigenvalue weighted by Crippen LogP contribution is -2.46. The van der Waals surface area contributed by atoms with Gasteiger partial charge in [-0.2, -0.15) is 0 Å². The molecule has 0 radical (unpaired) electrons. The van der Waals surface area contributed by atoms with Crippen molar-refractivity contribution in [3.8, 4) is 0 Å². The molecule has 0 aromatic heterocycles. The Balaban J connectivity index is 4.76. The molecule has 0 aliphatic heterocycles. The van der Waals surface area contributed by atoms with E-state index in [9.17, 15) is 19.2 Å². The Bertz CT molecular complexity index is 403. The van der Waals surface area contributed by atoms with Gasteiger partial charge in [0.05, 0.1) is 0 Å². The van der Waals surface area contributed by atoms with Crippen molar-refractivity contribution in [2.75, 3.05) is 6.61 Å². The van der Waals surface area contributed by atoms with Crippen molar-refractivity contribution in [2.45, 2.75) is 52.6 Å². The molecule has 0 saturated carbocycles. The Hall–Kier alpha value is -2.12. The van der Waals surface area contributed by atoms with Crippen LogP contribution in [0.2, 0.25) is 0 Å². The zero-order valence-corrected chi connectivity index (χ0v) is 12.6. The number of carbonyl (C=O) groups is 4. The maximum Gasteiger partial charge on any atom is 0.402 e. The lowest BCUT2D eigenvalue weighted by atomic mass is 10.1. The first-order chi connectivity index (χ1) is 9.75. The van der Waals surface area contributed by atoms with Gasteiger partial charge in [-0.25, -0.2) is 19.4 Å². The zero-order valence-electron chi connectivity index (χ0n) is 12.6. The monoisotopic (exact) mass is 304 g/mol. The van der Waals surface area contributed by atoms with E-state index in [-0.39, 0.29) is 12.8 Å². The first-order valence-corrected chi connectivity index (χ1v) is 6.52. The molecule has 8 nitrogen and oxygen atoms in total. The number of rotatable bonds is 7. The summed E-state index contributed by atoms with van der Waals surface area (Å²) in [6.45, 7) is 5.06. The highest BCUT2D eigenvalue weighted by molar-refractivity contribution is 5.84. The van der Waals surface area contributed by atoms with Crippen molar-refractivity contribution in [2.24, 2.45) is 0 Å². The second-order valence-corrected chi connectivity index (χ2v) is 4.41. The molecule has 0 amide bonds. The lowest BCUT2D eigenvalue weighted by molar-refractivity contribution is -0.272. The SMILES string of the molecule is CCCC(=O)OOC(=O)C(C)(COC(C)=O)OC(=O)CC. The van der Waals surface area contributed by atoms with Gasteiger partial charge in [0.1, 0.15) is 6.61 Å². The summed E-state index contributed by atoms with van der Waals surface area (Å²) in [7, 11) is 0. The van der Waals surface area contributed by atoms with Crippen molar-refractivity contribution >= 4 is 23.9 Å². The minimum absolute atomic E-state index is 0.0125. The number of esters is 2. The molecule has 0 aromatic carbocycles. The fraction of sp³-hybridized carbons (Fsp3) is 0.692. The Morgan fingerprint density at radius 2 is 1.62 bits per heavy atom. The van der Waals surface area contributed by atoms with Crippen LogP contribution in [-0.4, -0.2) is 36.1 Å². The van der Waals surface area contributed by atoms with Crippen LogP contribution in [0.4, 0.5) is 0 Å². The summed E-state index contributed by atoms with van der Waals surface area (Å²) in [6, 6.07) is 0. The van der Waals surface area contributed by atoms with Crippen molar-refractivity contribution in [3.63, 3.8) is 0 Å². The Labute approximate surface area is 122 Å². The van der Waals surface area contributed by atoms with Gasteiger partial charge in [-0.05, 0) is 13.3 Å².